The van der Waals surface area contributed by atoms with E-state index in [1.165, 1.54) is 0 Å². The van der Waals surface area contributed by atoms with E-state index < -0.39 is 0 Å². The van der Waals surface area contributed by atoms with Gasteiger partial charge in [-0.3, -0.25) is 9.89 Å². The summed E-state index contributed by atoms with van der Waals surface area (Å²) in [5.41, 5.74) is 4.99. The van der Waals surface area contributed by atoms with Crippen LogP contribution in [0.2, 0.25) is 0 Å². The van der Waals surface area contributed by atoms with E-state index in [-0.39, 0.29) is 5.91 Å². The molecule has 0 unspecified atom stereocenters. The van der Waals surface area contributed by atoms with Crippen molar-refractivity contribution in [2.24, 2.45) is 0 Å². The minimum Gasteiger partial charge on any atom is -0.497 e. The van der Waals surface area contributed by atoms with E-state index in [0.717, 1.165) is 33.8 Å². The van der Waals surface area contributed by atoms with Crippen LogP contribution in [0.3, 0.4) is 0 Å². The smallest absolute Gasteiger partial charge is 0.219 e. The van der Waals surface area contributed by atoms with E-state index in [1.807, 2.05) is 61.5 Å². The second kappa shape index (κ2) is 7.66. The maximum atomic E-state index is 11.3. The van der Waals surface area contributed by atoms with Crippen molar-refractivity contribution in [3.63, 3.8) is 0 Å². The van der Waals surface area contributed by atoms with Gasteiger partial charge in [-0.05, 0) is 41.5 Å². The Hall–Kier alpha value is -3.08. The summed E-state index contributed by atoms with van der Waals surface area (Å²) < 4.78 is 5.18. The summed E-state index contributed by atoms with van der Waals surface area (Å²) >= 11 is 0. The van der Waals surface area contributed by atoms with Crippen molar-refractivity contribution >= 4 is 5.91 Å². The first-order valence-corrected chi connectivity index (χ1v) is 8.25. The molecule has 0 spiro atoms. The Balaban J connectivity index is 1.72. The SMILES string of the molecule is CCC(=O)NCc1ccc(-c2cc(-c3ccc(OC)cc3)n[nH]2)cc1. The fraction of sp³-hybridized carbons (Fsp3) is 0.200. The molecule has 0 bridgehead atoms. The molecular formula is C20H21N3O2. The molecule has 1 heterocycles. The van der Waals surface area contributed by atoms with Crippen molar-refractivity contribution < 1.29 is 9.53 Å². The number of carbonyl (C=O) groups excluding carboxylic acids is 1. The van der Waals surface area contributed by atoms with Gasteiger partial charge in [0.25, 0.3) is 0 Å². The van der Waals surface area contributed by atoms with Crippen LogP contribution in [0.1, 0.15) is 18.9 Å². The molecule has 0 atom stereocenters. The Kier molecular flexibility index (Phi) is 5.14. The van der Waals surface area contributed by atoms with Crippen LogP contribution >= 0.6 is 0 Å². The fourth-order valence-corrected chi connectivity index (χ4v) is 2.51. The Labute approximate surface area is 147 Å². The van der Waals surface area contributed by atoms with E-state index in [1.54, 1.807) is 7.11 Å². The molecule has 1 aromatic heterocycles. The third-order valence-corrected chi connectivity index (χ3v) is 4.04. The highest BCUT2D eigenvalue weighted by Crippen LogP contribution is 2.25. The molecule has 0 aliphatic heterocycles. The number of benzene rings is 2. The monoisotopic (exact) mass is 335 g/mol. The summed E-state index contributed by atoms with van der Waals surface area (Å²) in [5, 5.41) is 10.3. The van der Waals surface area contributed by atoms with Gasteiger partial charge in [-0.15, -0.1) is 0 Å². The van der Waals surface area contributed by atoms with Crippen LogP contribution in [-0.2, 0) is 11.3 Å². The van der Waals surface area contributed by atoms with Crippen LogP contribution in [0.25, 0.3) is 22.5 Å². The van der Waals surface area contributed by atoms with E-state index >= 15 is 0 Å². The molecule has 2 aromatic carbocycles. The summed E-state index contributed by atoms with van der Waals surface area (Å²) in [6.07, 6.45) is 0.500. The van der Waals surface area contributed by atoms with Gasteiger partial charge < -0.3 is 10.1 Å². The number of methoxy groups -OCH3 is 1. The Morgan fingerprint density at radius 2 is 1.76 bits per heavy atom. The molecule has 5 nitrogen and oxygen atoms in total. The average Bonchev–Trinajstić information content (AvgIpc) is 3.16. The largest absolute Gasteiger partial charge is 0.497 e. The van der Waals surface area contributed by atoms with Crippen LogP contribution in [0.5, 0.6) is 5.75 Å². The van der Waals surface area contributed by atoms with E-state index in [2.05, 4.69) is 15.5 Å². The summed E-state index contributed by atoms with van der Waals surface area (Å²) in [6.45, 7) is 2.39. The number of amides is 1. The van der Waals surface area contributed by atoms with E-state index in [9.17, 15) is 4.79 Å². The molecule has 2 N–H and O–H groups in total. The third kappa shape index (κ3) is 4.07. The van der Waals surface area contributed by atoms with Crippen LogP contribution in [-0.4, -0.2) is 23.2 Å². The predicted octanol–water partition coefficient (Wildman–Crippen LogP) is 3.78. The molecule has 0 aliphatic rings. The predicted molar refractivity (Wildman–Crippen MR) is 98.1 cm³/mol. The molecule has 1 amide bonds. The van der Waals surface area contributed by atoms with Crippen molar-refractivity contribution in [3.8, 4) is 28.3 Å². The number of H-pyrrole nitrogens is 1. The van der Waals surface area contributed by atoms with Gasteiger partial charge in [0.1, 0.15) is 5.75 Å². The maximum absolute atomic E-state index is 11.3. The first-order chi connectivity index (χ1) is 12.2. The zero-order valence-electron chi connectivity index (χ0n) is 14.4. The number of hydrogen-bond acceptors (Lipinski definition) is 3. The minimum absolute atomic E-state index is 0.0572. The van der Waals surface area contributed by atoms with E-state index in [4.69, 9.17) is 4.74 Å². The number of aromatic amines is 1. The summed E-state index contributed by atoms with van der Waals surface area (Å²) in [6, 6.07) is 17.9. The molecule has 25 heavy (non-hydrogen) atoms. The zero-order valence-corrected chi connectivity index (χ0v) is 14.4. The number of rotatable bonds is 6. The molecular weight excluding hydrogens is 314 g/mol. The van der Waals surface area contributed by atoms with Gasteiger partial charge in [0.15, 0.2) is 0 Å². The maximum Gasteiger partial charge on any atom is 0.219 e. The molecule has 0 radical (unpaired) electrons. The number of nitrogens with one attached hydrogen (secondary N) is 2. The van der Waals surface area contributed by atoms with Crippen molar-refractivity contribution in [1.82, 2.24) is 15.5 Å². The molecule has 5 heteroatoms. The molecule has 3 aromatic rings. The Morgan fingerprint density at radius 3 is 2.40 bits per heavy atom. The van der Waals surface area contributed by atoms with Crippen molar-refractivity contribution in [2.75, 3.05) is 7.11 Å². The summed E-state index contributed by atoms with van der Waals surface area (Å²) in [4.78, 5) is 11.3. The number of ether oxygens (including phenoxy) is 1. The number of nitrogens with zero attached hydrogens (tertiary/aromatic N) is 1. The van der Waals surface area contributed by atoms with Gasteiger partial charge in [0, 0.05) is 18.5 Å². The van der Waals surface area contributed by atoms with Gasteiger partial charge in [0.2, 0.25) is 5.91 Å². The molecule has 3 rings (SSSR count). The van der Waals surface area contributed by atoms with Gasteiger partial charge in [-0.1, -0.05) is 31.2 Å². The zero-order chi connectivity index (χ0) is 17.6. The number of hydrogen-bond donors (Lipinski definition) is 2. The highest BCUT2D eigenvalue weighted by atomic mass is 16.5. The van der Waals surface area contributed by atoms with Gasteiger partial charge >= 0.3 is 0 Å². The van der Waals surface area contributed by atoms with Gasteiger partial charge in [-0.2, -0.15) is 5.10 Å². The molecule has 0 saturated heterocycles. The van der Waals surface area contributed by atoms with Crippen LogP contribution in [0, 0.1) is 0 Å². The third-order valence-electron chi connectivity index (χ3n) is 4.04. The highest BCUT2D eigenvalue weighted by molar-refractivity contribution is 5.75. The van der Waals surface area contributed by atoms with Crippen LogP contribution in [0.4, 0.5) is 0 Å². The van der Waals surface area contributed by atoms with Crippen LogP contribution < -0.4 is 10.1 Å². The van der Waals surface area contributed by atoms with Crippen LogP contribution in [0.15, 0.2) is 54.6 Å². The van der Waals surface area contributed by atoms with E-state index in [0.29, 0.717) is 13.0 Å². The van der Waals surface area contributed by atoms with Gasteiger partial charge in [-0.25, -0.2) is 0 Å². The molecule has 0 saturated carbocycles. The summed E-state index contributed by atoms with van der Waals surface area (Å²) in [5.74, 6) is 0.882. The average molecular weight is 335 g/mol. The second-order valence-electron chi connectivity index (χ2n) is 5.72. The Bertz CT molecular complexity index is 836. The van der Waals surface area contributed by atoms with Gasteiger partial charge in [0.05, 0.1) is 18.5 Å². The first-order valence-electron chi connectivity index (χ1n) is 8.25. The molecule has 128 valence electrons. The topological polar surface area (TPSA) is 67.0 Å². The standard InChI is InChI=1S/C20H21N3O2/c1-3-20(24)21-13-14-4-6-15(7-5-14)18-12-19(23-22-18)16-8-10-17(25-2)11-9-16/h4-12H,3,13H2,1-2H3,(H,21,24)(H,22,23). The number of carbonyl (C=O) groups is 1. The van der Waals surface area contributed by atoms with Crippen molar-refractivity contribution in [3.05, 3.63) is 60.2 Å². The fourth-order valence-electron chi connectivity index (χ4n) is 2.51. The minimum atomic E-state index is 0.0572. The quantitative estimate of drug-likeness (QED) is 0.720. The normalized spacial score (nSPS) is 10.5. The lowest BCUT2D eigenvalue weighted by molar-refractivity contribution is -0.120. The Morgan fingerprint density at radius 1 is 1.08 bits per heavy atom. The lowest BCUT2D eigenvalue weighted by Crippen LogP contribution is -2.21. The second-order valence-corrected chi connectivity index (χ2v) is 5.72. The number of aromatic nitrogens is 2. The van der Waals surface area contributed by atoms with Crippen molar-refractivity contribution in [2.45, 2.75) is 19.9 Å². The lowest BCUT2D eigenvalue weighted by Gasteiger charge is -2.04. The molecule has 0 fully saturated rings. The summed E-state index contributed by atoms with van der Waals surface area (Å²) in [7, 11) is 1.65. The first kappa shape index (κ1) is 16.8. The highest BCUT2D eigenvalue weighted by Gasteiger charge is 2.06. The van der Waals surface area contributed by atoms with Crippen molar-refractivity contribution in [1.29, 1.82) is 0 Å². The lowest BCUT2D eigenvalue weighted by atomic mass is 10.1. The molecule has 0 aliphatic carbocycles.